The molecule has 18 heavy (non-hydrogen) atoms. The fourth-order valence-corrected chi connectivity index (χ4v) is 2.28. The second-order valence-electron chi connectivity index (χ2n) is 3.49. The monoisotopic (exact) mass is 289 g/mol. The van der Waals surface area contributed by atoms with E-state index in [1.54, 1.807) is 24.3 Å². The molecule has 0 radical (unpaired) electrons. The molecule has 2 N–H and O–H groups in total. The van der Waals surface area contributed by atoms with Crippen LogP contribution in [0.25, 0.3) is 0 Å². The van der Waals surface area contributed by atoms with Gasteiger partial charge in [-0.15, -0.1) is 0 Å². The molecule has 1 rings (SSSR count). The van der Waals surface area contributed by atoms with Crippen molar-refractivity contribution in [2.24, 2.45) is 0 Å². The number of nitrogens with one attached hydrogen (secondary N) is 1. The van der Waals surface area contributed by atoms with Gasteiger partial charge in [0, 0.05) is 27.3 Å². The molecule has 0 aliphatic rings. The molecule has 98 valence electrons. The maximum absolute atomic E-state index is 11.5. The SMILES string of the molecule is O=C(O)CCS(=O)CC(=O)Nc1cccc(Cl)c1. The summed E-state index contributed by atoms with van der Waals surface area (Å²) in [5, 5.41) is 11.4. The first-order chi connectivity index (χ1) is 8.47. The number of hydrogen-bond donors (Lipinski definition) is 2. The second-order valence-corrected chi connectivity index (χ2v) is 5.50. The lowest BCUT2D eigenvalue weighted by atomic mass is 10.3. The summed E-state index contributed by atoms with van der Waals surface area (Å²) in [6, 6.07) is 6.57. The van der Waals surface area contributed by atoms with Crippen LogP contribution in [0, 0.1) is 0 Å². The van der Waals surface area contributed by atoms with E-state index in [1.165, 1.54) is 0 Å². The second kappa shape index (κ2) is 7.13. The maximum Gasteiger partial charge on any atom is 0.304 e. The van der Waals surface area contributed by atoms with Crippen LogP contribution in [0.4, 0.5) is 5.69 Å². The highest BCUT2D eigenvalue weighted by Gasteiger charge is 2.10. The number of rotatable bonds is 6. The average Bonchev–Trinajstić information content (AvgIpc) is 2.26. The van der Waals surface area contributed by atoms with Gasteiger partial charge in [0.15, 0.2) is 0 Å². The Morgan fingerprint density at radius 1 is 1.39 bits per heavy atom. The van der Waals surface area contributed by atoms with Crippen molar-refractivity contribution in [2.45, 2.75) is 6.42 Å². The minimum atomic E-state index is -1.48. The van der Waals surface area contributed by atoms with Gasteiger partial charge in [-0.25, -0.2) is 0 Å². The summed E-state index contributed by atoms with van der Waals surface area (Å²) in [5.74, 6) is -1.71. The minimum absolute atomic E-state index is 0.0295. The van der Waals surface area contributed by atoms with E-state index in [1.807, 2.05) is 0 Å². The van der Waals surface area contributed by atoms with E-state index in [4.69, 9.17) is 16.7 Å². The molecule has 5 nitrogen and oxygen atoms in total. The molecular weight excluding hydrogens is 278 g/mol. The predicted octanol–water partition coefficient (Wildman–Crippen LogP) is 1.50. The number of amides is 1. The van der Waals surface area contributed by atoms with Crippen molar-refractivity contribution in [1.82, 2.24) is 0 Å². The summed E-state index contributed by atoms with van der Waals surface area (Å²) in [6.45, 7) is 0. The first-order valence-corrected chi connectivity index (χ1v) is 6.96. The average molecular weight is 290 g/mol. The number of carboxylic acids is 1. The number of carbonyl (C=O) groups excluding carboxylic acids is 1. The highest BCUT2D eigenvalue weighted by atomic mass is 35.5. The van der Waals surface area contributed by atoms with Gasteiger partial charge in [0.05, 0.1) is 6.42 Å². The molecule has 0 spiro atoms. The molecule has 1 atom stereocenters. The third-order valence-electron chi connectivity index (χ3n) is 1.94. The number of hydrogen-bond acceptors (Lipinski definition) is 3. The van der Waals surface area contributed by atoms with Gasteiger partial charge in [0.25, 0.3) is 0 Å². The van der Waals surface area contributed by atoms with Crippen LogP contribution in [0.2, 0.25) is 5.02 Å². The number of carboxylic acid groups (broad SMARTS) is 1. The van der Waals surface area contributed by atoms with Gasteiger partial charge >= 0.3 is 5.97 Å². The number of carbonyl (C=O) groups is 2. The Morgan fingerprint density at radius 2 is 2.11 bits per heavy atom. The maximum atomic E-state index is 11.5. The predicted molar refractivity (Wildman–Crippen MR) is 70.2 cm³/mol. The summed E-state index contributed by atoms with van der Waals surface area (Å²) >= 11 is 5.74. The molecule has 1 unspecified atom stereocenters. The van der Waals surface area contributed by atoms with Crippen LogP contribution in [0.1, 0.15) is 6.42 Å². The molecule has 0 saturated heterocycles. The van der Waals surface area contributed by atoms with Crippen LogP contribution in [0.5, 0.6) is 0 Å². The first kappa shape index (κ1) is 14.7. The fourth-order valence-electron chi connectivity index (χ4n) is 1.18. The van der Waals surface area contributed by atoms with Crippen LogP contribution in [-0.4, -0.2) is 32.7 Å². The summed E-state index contributed by atoms with van der Waals surface area (Å²) in [6.07, 6.45) is -0.211. The molecule has 0 aromatic heterocycles. The standard InChI is InChI=1S/C11H12ClNO4S/c12-8-2-1-3-9(6-8)13-10(14)7-18(17)5-4-11(15)16/h1-3,6H,4-5,7H2,(H,13,14)(H,15,16). The van der Waals surface area contributed by atoms with Crippen LogP contribution < -0.4 is 5.32 Å². The fraction of sp³-hybridized carbons (Fsp3) is 0.273. The van der Waals surface area contributed by atoms with Gasteiger partial charge < -0.3 is 10.4 Å². The molecule has 1 aromatic rings. The van der Waals surface area contributed by atoms with Gasteiger partial charge in [-0.3, -0.25) is 13.8 Å². The van der Waals surface area contributed by atoms with Gasteiger partial charge in [-0.05, 0) is 18.2 Å². The molecule has 1 amide bonds. The molecule has 7 heteroatoms. The minimum Gasteiger partial charge on any atom is -0.481 e. The van der Waals surface area contributed by atoms with Gasteiger partial charge in [0.1, 0.15) is 5.75 Å². The zero-order chi connectivity index (χ0) is 13.5. The quantitative estimate of drug-likeness (QED) is 0.831. The lowest BCUT2D eigenvalue weighted by molar-refractivity contribution is -0.136. The normalized spacial score (nSPS) is 11.8. The van der Waals surface area contributed by atoms with Crippen molar-refractivity contribution < 1.29 is 18.9 Å². The molecule has 0 fully saturated rings. The van der Waals surface area contributed by atoms with Crippen molar-refractivity contribution in [3.63, 3.8) is 0 Å². The molecular formula is C11H12ClNO4S. The van der Waals surface area contributed by atoms with Crippen LogP contribution >= 0.6 is 11.6 Å². The number of halogens is 1. The Labute approximate surface area is 112 Å². The Morgan fingerprint density at radius 3 is 2.72 bits per heavy atom. The van der Waals surface area contributed by atoms with E-state index in [0.717, 1.165) is 0 Å². The van der Waals surface area contributed by atoms with Crippen molar-refractivity contribution >= 4 is 40.0 Å². The highest BCUT2D eigenvalue weighted by molar-refractivity contribution is 7.85. The Balaban J connectivity index is 2.42. The van der Waals surface area contributed by atoms with E-state index < -0.39 is 22.7 Å². The van der Waals surface area contributed by atoms with Gasteiger partial charge in [0.2, 0.25) is 5.91 Å². The third kappa shape index (κ3) is 5.79. The smallest absolute Gasteiger partial charge is 0.304 e. The van der Waals surface area contributed by atoms with E-state index in [2.05, 4.69) is 5.32 Å². The van der Waals surface area contributed by atoms with Gasteiger partial charge in [-0.2, -0.15) is 0 Å². The van der Waals surface area contributed by atoms with Crippen molar-refractivity contribution in [2.75, 3.05) is 16.8 Å². The summed E-state index contributed by atoms with van der Waals surface area (Å²) in [5.41, 5.74) is 0.516. The number of anilines is 1. The van der Waals surface area contributed by atoms with Crippen molar-refractivity contribution in [1.29, 1.82) is 0 Å². The van der Waals surface area contributed by atoms with E-state index >= 15 is 0 Å². The summed E-state index contributed by atoms with van der Waals surface area (Å²) in [7, 11) is -1.48. The van der Waals surface area contributed by atoms with Crippen LogP contribution in [0.15, 0.2) is 24.3 Å². The van der Waals surface area contributed by atoms with E-state index in [-0.39, 0.29) is 17.9 Å². The number of aliphatic carboxylic acids is 1. The first-order valence-electron chi connectivity index (χ1n) is 5.09. The number of benzene rings is 1. The molecule has 0 saturated carbocycles. The summed E-state index contributed by atoms with van der Waals surface area (Å²) in [4.78, 5) is 21.8. The third-order valence-corrected chi connectivity index (χ3v) is 3.42. The molecule has 1 aromatic carbocycles. The highest BCUT2D eigenvalue weighted by Crippen LogP contribution is 2.14. The lowest BCUT2D eigenvalue weighted by Crippen LogP contribution is -2.21. The van der Waals surface area contributed by atoms with E-state index in [9.17, 15) is 13.8 Å². The Hall–Kier alpha value is -1.40. The summed E-state index contributed by atoms with van der Waals surface area (Å²) < 4.78 is 11.4. The molecule has 0 aliphatic heterocycles. The van der Waals surface area contributed by atoms with Gasteiger partial charge in [-0.1, -0.05) is 17.7 Å². The molecule has 0 aliphatic carbocycles. The molecule has 0 heterocycles. The Bertz CT molecular complexity index is 478. The zero-order valence-electron chi connectivity index (χ0n) is 9.39. The van der Waals surface area contributed by atoms with Crippen LogP contribution in [0.3, 0.4) is 0 Å². The van der Waals surface area contributed by atoms with E-state index in [0.29, 0.717) is 10.7 Å². The largest absolute Gasteiger partial charge is 0.481 e. The van der Waals surface area contributed by atoms with Crippen molar-refractivity contribution in [3.8, 4) is 0 Å². The van der Waals surface area contributed by atoms with Crippen LogP contribution in [-0.2, 0) is 20.4 Å². The van der Waals surface area contributed by atoms with Crippen molar-refractivity contribution in [3.05, 3.63) is 29.3 Å². The lowest BCUT2D eigenvalue weighted by Gasteiger charge is -2.05. The molecule has 0 bridgehead atoms. The Kier molecular flexibility index (Phi) is 5.80. The topological polar surface area (TPSA) is 83.5 Å². The zero-order valence-corrected chi connectivity index (χ0v) is 11.0.